The van der Waals surface area contributed by atoms with E-state index in [1.54, 1.807) is 0 Å². The van der Waals surface area contributed by atoms with Gasteiger partial charge in [0.15, 0.2) is 0 Å². The van der Waals surface area contributed by atoms with Crippen LogP contribution in [0.15, 0.2) is 0 Å². The molecule has 3 atom stereocenters. The third kappa shape index (κ3) is 4.28. The fraction of sp³-hybridized carbons (Fsp3) is 0.923. The highest BCUT2D eigenvalue weighted by Crippen LogP contribution is 2.20. The van der Waals surface area contributed by atoms with Crippen LogP contribution in [0.2, 0.25) is 0 Å². The molecule has 1 fully saturated rings. The lowest BCUT2D eigenvalue weighted by atomic mass is 9.99. The first-order chi connectivity index (χ1) is 8.06. The highest BCUT2D eigenvalue weighted by Gasteiger charge is 2.27. The minimum absolute atomic E-state index is 0.0554. The molecule has 0 spiro atoms. The lowest BCUT2D eigenvalue weighted by Crippen LogP contribution is -2.55. The van der Waals surface area contributed by atoms with Crippen molar-refractivity contribution >= 4 is 5.91 Å². The number of hydrogen-bond acceptors (Lipinski definition) is 3. The highest BCUT2D eigenvalue weighted by molar-refractivity contribution is 5.77. The summed E-state index contributed by atoms with van der Waals surface area (Å²) >= 11 is 0. The van der Waals surface area contributed by atoms with Gasteiger partial charge in [0, 0.05) is 18.0 Å². The van der Waals surface area contributed by atoms with Crippen LogP contribution in [-0.4, -0.2) is 29.5 Å². The van der Waals surface area contributed by atoms with E-state index in [0.29, 0.717) is 18.6 Å². The maximum absolute atomic E-state index is 12.0. The van der Waals surface area contributed by atoms with E-state index in [2.05, 4.69) is 24.3 Å². The van der Waals surface area contributed by atoms with Crippen LogP contribution in [0.1, 0.15) is 52.9 Å². The molecule has 3 unspecified atom stereocenters. The molecule has 0 aliphatic carbocycles. The Morgan fingerprint density at radius 1 is 1.41 bits per heavy atom. The molecule has 1 heterocycles. The van der Waals surface area contributed by atoms with Crippen LogP contribution in [0.25, 0.3) is 0 Å². The molecule has 0 aromatic carbocycles. The van der Waals surface area contributed by atoms with E-state index < -0.39 is 0 Å². The van der Waals surface area contributed by atoms with Gasteiger partial charge < -0.3 is 5.73 Å². The Kier molecular flexibility index (Phi) is 5.92. The molecule has 100 valence electrons. The van der Waals surface area contributed by atoms with Gasteiger partial charge in [-0.1, -0.05) is 13.3 Å². The Morgan fingerprint density at radius 3 is 2.53 bits per heavy atom. The number of nitrogens with one attached hydrogen (secondary N) is 1. The molecule has 0 radical (unpaired) electrons. The molecule has 0 saturated carbocycles. The summed E-state index contributed by atoms with van der Waals surface area (Å²) < 4.78 is 0. The van der Waals surface area contributed by atoms with E-state index in [0.717, 1.165) is 12.8 Å². The lowest BCUT2D eigenvalue weighted by Gasteiger charge is -2.39. The van der Waals surface area contributed by atoms with Crippen molar-refractivity contribution in [3.63, 3.8) is 0 Å². The Morgan fingerprint density at radius 2 is 2.00 bits per heavy atom. The zero-order valence-electron chi connectivity index (χ0n) is 11.4. The van der Waals surface area contributed by atoms with Crippen LogP contribution >= 0.6 is 0 Å². The number of hydrogen-bond donors (Lipinski definition) is 2. The molecule has 0 aromatic rings. The first-order valence-corrected chi connectivity index (χ1v) is 6.85. The first kappa shape index (κ1) is 14.5. The summed E-state index contributed by atoms with van der Waals surface area (Å²) in [6.45, 7) is 7.00. The van der Waals surface area contributed by atoms with Gasteiger partial charge in [0.1, 0.15) is 0 Å². The van der Waals surface area contributed by atoms with Gasteiger partial charge in [-0.3, -0.25) is 10.2 Å². The number of amides is 1. The molecule has 3 N–H and O–H groups in total. The van der Waals surface area contributed by atoms with Crippen LogP contribution in [0.5, 0.6) is 0 Å². The van der Waals surface area contributed by atoms with Crippen molar-refractivity contribution in [2.24, 2.45) is 11.7 Å². The Hall–Kier alpha value is -0.610. The SMILES string of the molecule is CC(CCCN)C(=O)NN1C(C)CCCC1C. The minimum Gasteiger partial charge on any atom is -0.330 e. The average molecular weight is 241 g/mol. The van der Waals surface area contributed by atoms with Gasteiger partial charge in [-0.15, -0.1) is 0 Å². The predicted molar refractivity (Wildman–Crippen MR) is 70.2 cm³/mol. The van der Waals surface area contributed by atoms with Crippen molar-refractivity contribution in [2.75, 3.05) is 6.54 Å². The second-order valence-corrected chi connectivity index (χ2v) is 5.34. The van der Waals surface area contributed by atoms with Crippen molar-refractivity contribution in [1.29, 1.82) is 0 Å². The Bertz CT molecular complexity index is 235. The van der Waals surface area contributed by atoms with Crippen molar-refractivity contribution in [3.05, 3.63) is 0 Å². The van der Waals surface area contributed by atoms with E-state index in [4.69, 9.17) is 5.73 Å². The van der Waals surface area contributed by atoms with Gasteiger partial charge in [0.25, 0.3) is 0 Å². The monoisotopic (exact) mass is 241 g/mol. The fourth-order valence-electron chi connectivity index (χ4n) is 2.43. The maximum atomic E-state index is 12.0. The number of hydrazine groups is 1. The van der Waals surface area contributed by atoms with Gasteiger partial charge in [-0.25, -0.2) is 5.01 Å². The number of piperidine rings is 1. The van der Waals surface area contributed by atoms with Crippen molar-refractivity contribution in [2.45, 2.75) is 65.0 Å². The summed E-state index contributed by atoms with van der Waals surface area (Å²) in [4.78, 5) is 12.0. The summed E-state index contributed by atoms with van der Waals surface area (Å²) in [6.07, 6.45) is 5.39. The molecule has 1 rings (SSSR count). The largest absolute Gasteiger partial charge is 0.330 e. The fourth-order valence-corrected chi connectivity index (χ4v) is 2.43. The maximum Gasteiger partial charge on any atom is 0.237 e. The number of nitrogens with zero attached hydrogens (tertiary/aromatic N) is 1. The second kappa shape index (κ2) is 6.97. The summed E-state index contributed by atoms with van der Waals surface area (Å²) in [5, 5.41) is 2.13. The summed E-state index contributed by atoms with van der Waals surface area (Å²) in [5.74, 6) is 0.193. The van der Waals surface area contributed by atoms with Crippen LogP contribution in [-0.2, 0) is 4.79 Å². The lowest BCUT2D eigenvalue weighted by molar-refractivity contribution is -0.133. The standard InChI is InChI=1S/C13H27N3O/c1-10(6-5-9-14)13(17)15-16-11(2)7-4-8-12(16)3/h10-12H,4-9,14H2,1-3H3,(H,15,17). The molecular formula is C13H27N3O. The Balaban J connectivity index is 2.43. The molecule has 0 aromatic heterocycles. The van der Waals surface area contributed by atoms with Crippen molar-refractivity contribution in [1.82, 2.24) is 10.4 Å². The summed E-state index contributed by atoms with van der Waals surface area (Å²) in [5.41, 5.74) is 8.54. The molecule has 1 aliphatic heterocycles. The van der Waals surface area contributed by atoms with E-state index in [1.165, 1.54) is 19.3 Å². The molecular weight excluding hydrogens is 214 g/mol. The molecule has 0 bridgehead atoms. The minimum atomic E-state index is 0.0554. The van der Waals surface area contributed by atoms with Gasteiger partial charge in [0.05, 0.1) is 0 Å². The second-order valence-electron chi connectivity index (χ2n) is 5.34. The average Bonchev–Trinajstić information content (AvgIpc) is 2.30. The molecule has 4 nitrogen and oxygen atoms in total. The van der Waals surface area contributed by atoms with E-state index >= 15 is 0 Å². The van der Waals surface area contributed by atoms with E-state index in [-0.39, 0.29) is 11.8 Å². The highest BCUT2D eigenvalue weighted by atomic mass is 16.2. The zero-order chi connectivity index (χ0) is 12.8. The normalized spacial score (nSPS) is 27.8. The van der Waals surface area contributed by atoms with Gasteiger partial charge in [-0.05, 0) is 46.1 Å². The van der Waals surface area contributed by atoms with E-state index in [9.17, 15) is 4.79 Å². The topological polar surface area (TPSA) is 58.4 Å². The predicted octanol–water partition coefficient (Wildman–Crippen LogP) is 1.66. The van der Waals surface area contributed by atoms with Crippen molar-refractivity contribution in [3.8, 4) is 0 Å². The van der Waals surface area contributed by atoms with Crippen LogP contribution in [0.3, 0.4) is 0 Å². The van der Waals surface area contributed by atoms with E-state index in [1.807, 2.05) is 6.92 Å². The van der Waals surface area contributed by atoms with Gasteiger partial charge in [-0.2, -0.15) is 0 Å². The quantitative estimate of drug-likeness (QED) is 0.769. The van der Waals surface area contributed by atoms with Crippen LogP contribution in [0, 0.1) is 5.92 Å². The van der Waals surface area contributed by atoms with Crippen LogP contribution < -0.4 is 11.2 Å². The number of carbonyl (C=O) groups is 1. The van der Waals surface area contributed by atoms with Crippen LogP contribution in [0.4, 0.5) is 0 Å². The first-order valence-electron chi connectivity index (χ1n) is 6.85. The summed E-state index contributed by atoms with van der Waals surface area (Å²) in [7, 11) is 0. The molecule has 17 heavy (non-hydrogen) atoms. The smallest absolute Gasteiger partial charge is 0.237 e. The van der Waals surface area contributed by atoms with Gasteiger partial charge >= 0.3 is 0 Å². The third-order valence-corrected chi connectivity index (χ3v) is 3.72. The number of nitrogens with two attached hydrogens (primary N) is 1. The summed E-state index contributed by atoms with van der Waals surface area (Å²) in [6, 6.07) is 0.897. The molecule has 1 aliphatic rings. The third-order valence-electron chi connectivity index (χ3n) is 3.72. The zero-order valence-corrected chi connectivity index (χ0v) is 11.4. The molecule has 4 heteroatoms. The number of carbonyl (C=O) groups excluding carboxylic acids is 1. The van der Waals surface area contributed by atoms with Crippen molar-refractivity contribution < 1.29 is 4.79 Å². The Labute approximate surface area is 105 Å². The molecule has 1 amide bonds. The molecule has 1 saturated heterocycles. The van der Waals surface area contributed by atoms with Gasteiger partial charge in [0.2, 0.25) is 5.91 Å². The number of rotatable bonds is 5.